The number of amides is 1. The van der Waals surface area contributed by atoms with E-state index in [0.29, 0.717) is 6.54 Å². The summed E-state index contributed by atoms with van der Waals surface area (Å²) in [5.74, 6) is 0.171. The summed E-state index contributed by atoms with van der Waals surface area (Å²) in [5, 5.41) is 3.21. The van der Waals surface area contributed by atoms with E-state index in [1.54, 1.807) is 0 Å². The number of carbonyl (C=O) groups excluding carboxylic acids is 1. The molecule has 3 nitrogen and oxygen atoms in total. The zero-order chi connectivity index (χ0) is 13.5. The molecule has 100 valence electrons. The van der Waals surface area contributed by atoms with Crippen LogP contribution in [0, 0.1) is 13.8 Å². The lowest BCUT2D eigenvalue weighted by molar-refractivity contribution is -0.129. The van der Waals surface area contributed by atoms with Crippen LogP contribution in [0.3, 0.4) is 0 Å². The molecule has 0 radical (unpaired) electrons. The normalized spacial score (nSPS) is 10.4. The van der Waals surface area contributed by atoms with Gasteiger partial charge in [-0.3, -0.25) is 4.79 Å². The zero-order valence-electron chi connectivity index (χ0n) is 11.9. The van der Waals surface area contributed by atoms with Gasteiger partial charge in [0.1, 0.15) is 0 Å². The molecule has 0 aliphatic carbocycles. The quantitative estimate of drug-likeness (QED) is 0.837. The van der Waals surface area contributed by atoms with E-state index in [0.717, 1.165) is 19.6 Å². The molecule has 0 heterocycles. The van der Waals surface area contributed by atoms with Gasteiger partial charge in [-0.15, -0.1) is 0 Å². The second-order valence-corrected chi connectivity index (χ2v) is 4.67. The van der Waals surface area contributed by atoms with E-state index >= 15 is 0 Å². The van der Waals surface area contributed by atoms with Crippen molar-refractivity contribution in [2.75, 3.05) is 19.6 Å². The number of nitrogens with zero attached hydrogens (tertiary/aromatic N) is 1. The summed E-state index contributed by atoms with van der Waals surface area (Å²) in [6, 6.07) is 6.47. The van der Waals surface area contributed by atoms with Gasteiger partial charge in [0.05, 0.1) is 6.54 Å². The summed E-state index contributed by atoms with van der Waals surface area (Å²) >= 11 is 0. The lowest BCUT2D eigenvalue weighted by Crippen LogP contribution is -2.37. The van der Waals surface area contributed by atoms with Gasteiger partial charge < -0.3 is 10.2 Å². The Hall–Kier alpha value is -1.35. The van der Waals surface area contributed by atoms with Crippen LogP contribution in [-0.2, 0) is 11.3 Å². The van der Waals surface area contributed by atoms with Crippen LogP contribution in [0.25, 0.3) is 0 Å². The van der Waals surface area contributed by atoms with Gasteiger partial charge in [0.25, 0.3) is 0 Å². The third-order valence-corrected chi connectivity index (χ3v) is 3.00. The second kappa shape index (κ2) is 7.17. The maximum absolute atomic E-state index is 11.8. The number of aryl methyl sites for hydroxylation is 2. The lowest BCUT2D eigenvalue weighted by atomic mass is 10.1. The van der Waals surface area contributed by atoms with E-state index in [1.165, 1.54) is 16.7 Å². The average molecular weight is 248 g/mol. The van der Waals surface area contributed by atoms with Crippen LogP contribution in [0.2, 0.25) is 0 Å². The molecule has 1 N–H and O–H groups in total. The summed E-state index contributed by atoms with van der Waals surface area (Å²) in [7, 11) is 0. The van der Waals surface area contributed by atoms with E-state index in [2.05, 4.69) is 37.4 Å². The van der Waals surface area contributed by atoms with Gasteiger partial charge in [-0.2, -0.15) is 0 Å². The summed E-state index contributed by atoms with van der Waals surface area (Å²) in [6.45, 7) is 10.9. The Balaban J connectivity index is 2.44. The van der Waals surface area contributed by atoms with Gasteiger partial charge in [-0.25, -0.2) is 0 Å². The monoisotopic (exact) mass is 248 g/mol. The van der Waals surface area contributed by atoms with Crippen molar-refractivity contribution in [3.63, 3.8) is 0 Å². The molecule has 0 spiro atoms. The smallest absolute Gasteiger partial charge is 0.236 e. The zero-order valence-corrected chi connectivity index (χ0v) is 11.9. The first-order valence-electron chi connectivity index (χ1n) is 6.62. The number of hydrogen-bond donors (Lipinski definition) is 1. The van der Waals surface area contributed by atoms with E-state index < -0.39 is 0 Å². The topological polar surface area (TPSA) is 32.3 Å². The fraction of sp³-hybridized carbons (Fsp3) is 0.533. The van der Waals surface area contributed by atoms with Crippen molar-refractivity contribution in [1.29, 1.82) is 0 Å². The molecule has 3 heteroatoms. The first kappa shape index (κ1) is 14.7. The molecular formula is C15H24N2O. The van der Waals surface area contributed by atoms with Crippen molar-refractivity contribution in [1.82, 2.24) is 10.2 Å². The Morgan fingerprint density at radius 3 is 2.17 bits per heavy atom. The Morgan fingerprint density at radius 1 is 1.11 bits per heavy atom. The van der Waals surface area contributed by atoms with Gasteiger partial charge in [0.15, 0.2) is 0 Å². The SMILES string of the molecule is CCN(CC)C(=O)CNCc1cc(C)cc(C)c1. The average Bonchev–Trinajstić information content (AvgIpc) is 2.29. The molecule has 1 aromatic rings. The van der Waals surface area contributed by atoms with Gasteiger partial charge in [0.2, 0.25) is 5.91 Å². The van der Waals surface area contributed by atoms with Gasteiger partial charge in [-0.05, 0) is 33.3 Å². The molecule has 0 fully saturated rings. The van der Waals surface area contributed by atoms with E-state index in [9.17, 15) is 4.79 Å². The standard InChI is InChI=1S/C15H24N2O/c1-5-17(6-2)15(18)11-16-10-14-8-12(3)7-13(4)9-14/h7-9,16H,5-6,10-11H2,1-4H3. The fourth-order valence-corrected chi connectivity index (χ4v) is 2.17. The maximum atomic E-state index is 11.8. The predicted octanol–water partition coefficient (Wildman–Crippen LogP) is 2.26. The minimum absolute atomic E-state index is 0.171. The molecular weight excluding hydrogens is 224 g/mol. The molecule has 0 aliphatic rings. The number of carbonyl (C=O) groups is 1. The Bertz CT molecular complexity index is 377. The molecule has 0 unspecified atom stereocenters. The summed E-state index contributed by atoms with van der Waals surface area (Å²) in [6.07, 6.45) is 0. The van der Waals surface area contributed by atoms with Gasteiger partial charge in [0, 0.05) is 19.6 Å². The highest BCUT2D eigenvalue weighted by molar-refractivity contribution is 5.78. The molecule has 0 saturated heterocycles. The third kappa shape index (κ3) is 4.49. The first-order chi connectivity index (χ1) is 8.56. The van der Waals surface area contributed by atoms with Crippen molar-refractivity contribution >= 4 is 5.91 Å². The highest BCUT2D eigenvalue weighted by Crippen LogP contribution is 2.08. The highest BCUT2D eigenvalue weighted by atomic mass is 16.2. The molecule has 0 atom stereocenters. The third-order valence-electron chi connectivity index (χ3n) is 3.00. The molecule has 1 rings (SSSR count). The van der Waals surface area contributed by atoms with E-state index in [1.807, 2.05) is 18.7 Å². The van der Waals surface area contributed by atoms with Crippen LogP contribution in [0.15, 0.2) is 18.2 Å². The molecule has 1 amide bonds. The minimum Gasteiger partial charge on any atom is -0.342 e. The molecule has 0 bridgehead atoms. The van der Waals surface area contributed by atoms with Crippen molar-refractivity contribution in [2.24, 2.45) is 0 Å². The first-order valence-corrected chi connectivity index (χ1v) is 6.62. The van der Waals surface area contributed by atoms with Crippen molar-refractivity contribution < 1.29 is 4.79 Å². The maximum Gasteiger partial charge on any atom is 0.236 e. The summed E-state index contributed by atoms with van der Waals surface area (Å²) in [5.41, 5.74) is 3.77. The van der Waals surface area contributed by atoms with Crippen LogP contribution in [0.5, 0.6) is 0 Å². The Kier molecular flexibility index (Phi) is 5.86. The van der Waals surface area contributed by atoms with Crippen LogP contribution in [0.4, 0.5) is 0 Å². The second-order valence-electron chi connectivity index (χ2n) is 4.67. The van der Waals surface area contributed by atoms with Gasteiger partial charge >= 0.3 is 0 Å². The highest BCUT2D eigenvalue weighted by Gasteiger charge is 2.08. The fourth-order valence-electron chi connectivity index (χ4n) is 2.17. The van der Waals surface area contributed by atoms with Crippen LogP contribution in [0.1, 0.15) is 30.5 Å². The van der Waals surface area contributed by atoms with Crippen molar-refractivity contribution in [3.05, 3.63) is 34.9 Å². The van der Waals surface area contributed by atoms with Crippen molar-refractivity contribution in [3.8, 4) is 0 Å². The summed E-state index contributed by atoms with van der Waals surface area (Å²) < 4.78 is 0. The number of benzene rings is 1. The van der Waals surface area contributed by atoms with Crippen LogP contribution in [-0.4, -0.2) is 30.4 Å². The Morgan fingerprint density at radius 2 is 1.67 bits per heavy atom. The van der Waals surface area contributed by atoms with Crippen LogP contribution >= 0.6 is 0 Å². The molecule has 1 aromatic carbocycles. The number of hydrogen-bond acceptors (Lipinski definition) is 2. The minimum atomic E-state index is 0.171. The van der Waals surface area contributed by atoms with Crippen LogP contribution < -0.4 is 5.32 Å². The summed E-state index contributed by atoms with van der Waals surface area (Å²) in [4.78, 5) is 13.6. The number of rotatable bonds is 6. The van der Waals surface area contributed by atoms with Crippen molar-refractivity contribution in [2.45, 2.75) is 34.2 Å². The Labute approximate surface area is 110 Å². The molecule has 0 aromatic heterocycles. The van der Waals surface area contributed by atoms with E-state index in [4.69, 9.17) is 0 Å². The molecule has 0 saturated carbocycles. The number of likely N-dealkylation sites (N-methyl/N-ethyl adjacent to an activating group) is 1. The van der Waals surface area contributed by atoms with E-state index in [-0.39, 0.29) is 5.91 Å². The molecule has 18 heavy (non-hydrogen) atoms. The predicted molar refractivity (Wildman–Crippen MR) is 75.6 cm³/mol. The largest absolute Gasteiger partial charge is 0.342 e. The lowest BCUT2D eigenvalue weighted by Gasteiger charge is -2.18. The molecule has 0 aliphatic heterocycles. The number of nitrogens with one attached hydrogen (secondary N) is 1. The van der Waals surface area contributed by atoms with Gasteiger partial charge in [-0.1, -0.05) is 29.3 Å².